The lowest BCUT2D eigenvalue weighted by Crippen LogP contribution is -2.26. The predicted molar refractivity (Wildman–Crippen MR) is 80.7 cm³/mol. The molecule has 7 nitrogen and oxygen atoms in total. The van der Waals surface area contributed by atoms with Crippen molar-refractivity contribution in [2.45, 2.75) is 19.8 Å². The highest BCUT2D eigenvalue weighted by Crippen LogP contribution is 2.08. The van der Waals surface area contributed by atoms with Crippen LogP contribution in [0.25, 0.3) is 0 Å². The summed E-state index contributed by atoms with van der Waals surface area (Å²) in [6.07, 6.45) is 1.68. The van der Waals surface area contributed by atoms with Crippen molar-refractivity contribution in [3.05, 3.63) is 0 Å². The second kappa shape index (κ2) is 13.4. The summed E-state index contributed by atoms with van der Waals surface area (Å²) >= 11 is 0. The van der Waals surface area contributed by atoms with Gasteiger partial charge in [-0.05, 0) is 12.3 Å². The molecule has 0 bridgehead atoms. The molecule has 0 rings (SSSR count). The van der Waals surface area contributed by atoms with Gasteiger partial charge in [-0.25, -0.2) is 13.6 Å². The lowest BCUT2D eigenvalue weighted by Gasteiger charge is -2.15. The van der Waals surface area contributed by atoms with Crippen LogP contribution < -0.4 is 5.14 Å². The molecule has 0 aliphatic heterocycles. The topological polar surface area (TPSA) is 97.1 Å². The van der Waals surface area contributed by atoms with Crippen LogP contribution in [0, 0.1) is 5.92 Å². The summed E-state index contributed by atoms with van der Waals surface area (Å²) in [5, 5.41) is 5.06. The monoisotopic (exact) mass is 327 g/mol. The van der Waals surface area contributed by atoms with Crippen LogP contribution in [0.5, 0.6) is 0 Å². The maximum Gasteiger partial charge on any atom is 0.209 e. The van der Waals surface area contributed by atoms with Gasteiger partial charge in [0.15, 0.2) is 0 Å². The third-order valence-electron chi connectivity index (χ3n) is 2.69. The number of ether oxygens (including phenoxy) is 4. The second-order valence-electron chi connectivity index (χ2n) is 4.78. The third kappa shape index (κ3) is 16.0. The van der Waals surface area contributed by atoms with Crippen LogP contribution in [0.15, 0.2) is 0 Å². The Morgan fingerprint density at radius 2 is 1.48 bits per heavy atom. The van der Waals surface area contributed by atoms with Crippen LogP contribution in [-0.4, -0.2) is 67.5 Å². The summed E-state index contributed by atoms with van der Waals surface area (Å²) < 4.78 is 43.0. The molecule has 128 valence electrons. The summed E-state index contributed by atoms with van der Waals surface area (Å²) in [6.45, 7) is 5.44. The normalized spacial score (nSPS) is 13.5. The maximum absolute atomic E-state index is 11.1. The zero-order valence-electron chi connectivity index (χ0n) is 13.1. The first kappa shape index (κ1) is 20.8. The highest BCUT2D eigenvalue weighted by Gasteiger charge is 2.15. The number of hydrogen-bond acceptors (Lipinski definition) is 6. The number of methoxy groups -OCH3 is 1. The van der Waals surface area contributed by atoms with Crippen LogP contribution in [0.2, 0.25) is 0 Å². The molecule has 1 atom stereocenters. The fourth-order valence-corrected chi connectivity index (χ4v) is 2.70. The average molecular weight is 327 g/mol. The van der Waals surface area contributed by atoms with Gasteiger partial charge < -0.3 is 18.9 Å². The molecule has 0 spiro atoms. The lowest BCUT2D eigenvalue weighted by molar-refractivity contribution is -0.000807. The molecule has 21 heavy (non-hydrogen) atoms. The van der Waals surface area contributed by atoms with Crippen molar-refractivity contribution in [3.8, 4) is 0 Å². The van der Waals surface area contributed by atoms with E-state index in [4.69, 9.17) is 24.1 Å². The van der Waals surface area contributed by atoms with Crippen molar-refractivity contribution < 1.29 is 27.4 Å². The Morgan fingerprint density at radius 1 is 0.952 bits per heavy atom. The van der Waals surface area contributed by atoms with Gasteiger partial charge in [0.2, 0.25) is 10.0 Å². The van der Waals surface area contributed by atoms with Crippen molar-refractivity contribution in [2.24, 2.45) is 11.1 Å². The molecule has 0 aromatic rings. The Hall–Kier alpha value is -0.250. The lowest BCUT2D eigenvalue weighted by atomic mass is 10.1. The first-order valence-electron chi connectivity index (χ1n) is 7.22. The Bertz CT molecular complexity index is 323. The molecule has 0 heterocycles. The SMILES string of the molecule is CCCC(COCCOCCOCCOC)CS(N)(=O)=O. The van der Waals surface area contributed by atoms with Crippen molar-refractivity contribution >= 4 is 10.0 Å². The molecule has 0 radical (unpaired) electrons. The molecule has 0 fully saturated rings. The Kier molecular flexibility index (Phi) is 13.3. The number of hydrogen-bond donors (Lipinski definition) is 1. The van der Waals surface area contributed by atoms with Gasteiger partial charge in [0.05, 0.1) is 52.0 Å². The molecule has 0 amide bonds. The number of rotatable bonds is 15. The van der Waals surface area contributed by atoms with E-state index in [9.17, 15) is 8.42 Å². The largest absolute Gasteiger partial charge is 0.382 e. The van der Waals surface area contributed by atoms with Crippen molar-refractivity contribution in [2.75, 3.05) is 59.1 Å². The molecule has 0 aliphatic rings. The van der Waals surface area contributed by atoms with Crippen molar-refractivity contribution in [1.82, 2.24) is 0 Å². The molecule has 0 saturated heterocycles. The molecule has 8 heteroatoms. The van der Waals surface area contributed by atoms with Crippen LogP contribution in [-0.2, 0) is 29.0 Å². The van der Waals surface area contributed by atoms with Gasteiger partial charge in [0.1, 0.15) is 0 Å². The van der Waals surface area contributed by atoms with E-state index in [0.29, 0.717) is 46.2 Å². The van der Waals surface area contributed by atoms with Gasteiger partial charge in [0, 0.05) is 7.11 Å². The Balaban J connectivity index is 3.50. The first-order chi connectivity index (χ1) is 9.99. The maximum atomic E-state index is 11.1. The quantitative estimate of drug-likeness (QED) is 0.437. The van der Waals surface area contributed by atoms with Gasteiger partial charge in [-0.1, -0.05) is 13.3 Å². The summed E-state index contributed by atoms with van der Waals surface area (Å²) in [4.78, 5) is 0. The smallest absolute Gasteiger partial charge is 0.209 e. The summed E-state index contributed by atoms with van der Waals surface area (Å²) in [5.74, 6) is -0.0861. The standard InChI is InChI=1S/C13H29NO6S/c1-3-4-13(12-21(14,15)16)11-20-10-9-19-8-7-18-6-5-17-2/h13H,3-12H2,1-2H3,(H2,14,15,16). The minimum absolute atomic E-state index is 0.0327. The van der Waals surface area contributed by atoms with Gasteiger partial charge in [-0.15, -0.1) is 0 Å². The minimum atomic E-state index is -3.45. The minimum Gasteiger partial charge on any atom is -0.382 e. The second-order valence-corrected chi connectivity index (χ2v) is 6.44. The number of sulfonamides is 1. The third-order valence-corrected chi connectivity index (χ3v) is 3.63. The molecular formula is C13H29NO6S. The van der Waals surface area contributed by atoms with E-state index in [-0.39, 0.29) is 11.7 Å². The van der Waals surface area contributed by atoms with E-state index < -0.39 is 10.0 Å². The zero-order chi connectivity index (χ0) is 16.0. The molecule has 2 N–H and O–H groups in total. The van der Waals surface area contributed by atoms with E-state index >= 15 is 0 Å². The van der Waals surface area contributed by atoms with Crippen LogP contribution in [0.4, 0.5) is 0 Å². The van der Waals surface area contributed by atoms with Gasteiger partial charge in [-0.3, -0.25) is 0 Å². The fourth-order valence-electron chi connectivity index (χ4n) is 1.78. The molecular weight excluding hydrogens is 298 g/mol. The summed E-state index contributed by atoms with van der Waals surface area (Å²) in [7, 11) is -1.82. The van der Waals surface area contributed by atoms with Crippen molar-refractivity contribution in [3.63, 3.8) is 0 Å². The van der Waals surface area contributed by atoms with E-state index in [1.165, 1.54) is 0 Å². The van der Waals surface area contributed by atoms with E-state index in [1.54, 1.807) is 7.11 Å². The van der Waals surface area contributed by atoms with Crippen LogP contribution >= 0.6 is 0 Å². The molecule has 0 aromatic heterocycles. The Labute approximate surface area is 128 Å². The zero-order valence-corrected chi connectivity index (χ0v) is 13.9. The fraction of sp³-hybridized carbons (Fsp3) is 1.00. The molecule has 1 unspecified atom stereocenters. The molecule has 0 saturated carbocycles. The Morgan fingerprint density at radius 3 is 1.95 bits per heavy atom. The van der Waals surface area contributed by atoms with Crippen molar-refractivity contribution in [1.29, 1.82) is 0 Å². The van der Waals surface area contributed by atoms with E-state index in [1.807, 2.05) is 6.92 Å². The number of primary sulfonamides is 1. The van der Waals surface area contributed by atoms with Gasteiger partial charge in [-0.2, -0.15) is 0 Å². The van der Waals surface area contributed by atoms with Gasteiger partial charge >= 0.3 is 0 Å². The summed E-state index contributed by atoms with van der Waals surface area (Å²) in [5.41, 5.74) is 0. The predicted octanol–water partition coefficient (Wildman–Crippen LogP) is 0.387. The number of nitrogens with two attached hydrogens (primary N) is 1. The van der Waals surface area contributed by atoms with E-state index in [2.05, 4.69) is 0 Å². The highest BCUT2D eigenvalue weighted by atomic mass is 32.2. The summed E-state index contributed by atoms with van der Waals surface area (Å²) in [6, 6.07) is 0. The molecule has 0 aliphatic carbocycles. The van der Waals surface area contributed by atoms with Gasteiger partial charge in [0.25, 0.3) is 0 Å². The highest BCUT2D eigenvalue weighted by molar-refractivity contribution is 7.89. The van der Waals surface area contributed by atoms with Crippen LogP contribution in [0.1, 0.15) is 19.8 Å². The molecule has 0 aromatic carbocycles. The van der Waals surface area contributed by atoms with Crippen LogP contribution in [0.3, 0.4) is 0 Å². The first-order valence-corrected chi connectivity index (χ1v) is 8.93. The van der Waals surface area contributed by atoms with E-state index in [0.717, 1.165) is 12.8 Å². The average Bonchev–Trinajstić information content (AvgIpc) is 2.39.